The van der Waals surface area contributed by atoms with Gasteiger partial charge in [-0.05, 0) is 23.3 Å². The molecule has 122 valence electrons. The molecular weight excluding hydrogens is 302 g/mol. The predicted octanol–water partition coefficient (Wildman–Crippen LogP) is 3.18. The van der Waals surface area contributed by atoms with Crippen LogP contribution >= 0.6 is 0 Å². The van der Waals surface area contributed by atoms with Gasteiger partial charge in [0.2, 0.25) is 5.82 Å². The number of aromatic nitrogens is 4. The summed E-state index contributed by atoms with van der Waals surface area (Å²) >= 11 is 0. The summed E-state index contributed by atoms with van der Waals surface area (Å²) in [5.74, 6) is 0.369. The Morgan fingerprint density at radius 3 is 2.25 bits per heavy atom. The van der Waals surface area contributed by atoms with E-state index in [0.29, 0.717) is 5.82 Å². The molecule has 1 amide bonds. The summed E-state index contributed by atoms with van der Waals surface area (Å²) in [6, 6.07) is 18.4. The summed E-state index contributed by atoms with van der Waals surface area (Å²) in [6.07, 6.45) is 0. The molecular formula is C18H19N5O. The molecule has 0 spiro atoms. The molecule has 2 aromatic carbocycles. The van der Waals surface area contributed by atoms with Crippen LogP contribution < -0.4 is 5.32 Å². The molecule has 24 heavy (non-hydrogen) atoms. The SMILES string of the molecule is CC(C)C(C(=O)Nc1ccccc1)n1nnc(-c2ccccc2)n1. The number of tetrazole rings is 1. The van der Waals surface area contributed by atoms with E-state index in [1.165, 1.54) is 4.80 Å². The molecule has 0 fully saturated rings. The van der Waals surface area contributed by atoms with Gasteiger partial charge in [-0.3, -0.25) is 4.79 Å². The average molecular weight is 321 g/mol. The molecule has 3 aromatic rings. The molecule has 0 radical (unpaired) electrons. The van der Waals surface area contributed by atoms with Crippen molar-refractivity contribution < 1.29 is 4.79 Å². The smallest absolute Gasteiger partial charge is 0.251 e. The number of anilines is 1. The Morgan fingerprint density at radius 1 is 1.00 bits per heavy atom. The maximum atomic E-state index is 12.7. The maximum Gasteiger partial charge on any atom is 0.251 e. The van der Waals surface area contributed by atoms with E-state index in [-0.39, 0.29) is 11.8 Å². The molecule has 6 nitrogen and oxygen atoms in total. The standard InChI is InChI=1S/C18H19N5O/c1-13(2)16(18(24)19-15-11-7-4-8-12-15)23-21-17(20-22-23)14-9-5-3-6-10-14/h3-13,16H,1-2H3,(H,19,24). The second-order valence-corrected chi connectivity index (χ2v) is 5.84. The van der Waals surface area contributed by atoms with Gasteiger partial charge in [0.15, 0.2) is 6.04 Å². The van der Waals surface area contributed by atoms with Gasteiger partial charge in [0.1, 0.15) is 0 Å². The summed E-state index contributed by atoms with van der Waals surface area (Å²) in [5, 5.41) is 15.5. The summed E-state index contributed by atoms with van der Waals surface area (Å²) in [6.45, 7) is 3.92. The molecule has 0 saturated heterocycles. The van der Waals surface area contributed by atoms with Gasteiger partial charge in [0.25, 0.3) is 5.91 Å². The first-order valence-corrected chi connectivity index (χ1v) is 7.86. The van der Waals surface area contributed by atoms with Crippen LogP contribution in [0, 0.1) is 5.92 Å². The third-order valence-corrected chi connectivity index (χ3v) is 3.65. The molecule has 1 aromatic heterocycles. The van der Waals surface area contributed by atoms with E-state index in [9.17, 15) is 4.79 Å². The van der Waals surface area contributed by atoms with Gasteiger partial charge < -0.3 is 5.32 Å². The van der Waals surface area contributed by atoms with Gasteiger partial charge in [-0.25, -0.2) is 0 Å². The van der Waals surface area contributed by atoms with Crippen LogP contribution in [0.1, 0.15) is 19.9 Å². The van der Waals surface area contributed by atoms with Gasteiger partial charge in [0.05, 0.1) is 0 Å². The molecule has 0 aliphatic heterocycles. The molecule has 0 aliphatic rings. The number of para-hydroxylation sites is 1. The highest BCUT2D eigenvalue weighted by Crippen LogP contribution is 2.20. The lowest BCUT2D eigenvalue weighted by Crippen LogP contribution is -2.31. The Balaban J connectivity index is 1.84. The Morgan fingerprint density at radius 2 is 1.62 bits per heavy atom. The van der Waals surface area contributed by atoms with Crippen LogP contribution in [0.2, 0.25) is 0 Å². The first-order valence-electron chi connectivity index (χ1n) is 7.86. The summed E-state index contributed by atoms with van der Waals surface area (Å²) in [5.41, 5.74) is 1.62. The van der Waals surface area contributed by atoms with Crippen LogP contribution in [0.25, 0.3) is 11.4 Å². The van der Waals surface area contributed by atoms with E-state index in [1.54, 1.807) is 0 Å². The molecule has 6 heteroatoms. The highest BCUT2D eigenvalue weighted by molar-refractivity contribution is 5.93. The fraction of sp³-hybridized carbons (Fsp3) is 0.222. The number of carbonyl (C=O) groups excluding carboxylic acids is 1. The number of hydrogen-bond acceptors (Lipinski definition) is 4. The van der Waals surface area contributed by atoms with Crippen LogP contribution in [-0.4, -0.2) is 26.1 Å². The highest BCUT2D eigenvalue weighted by atomic mass is 16.2. The maximum absolute atomic E-state index is 12.7. The van der Waals surface area contributed by atoms with E-state index in [1.807, 2.05) is 74.5 Å². The lowest BCUT2D eigenvalue weighted by Gasteiger charge is -2.18. The van der Waals surface area contributed by atoms with E-state index in [0.717, 1.165) is 11.3 Å². The van der Waals surface area contributed by atoms with E-state index >= 15 is 0 Å². The van der Waals surface area contributed by atoms with Crippen molar-refractivity contribution >= 4 is 11.6 Å². The first-order chi connectivity index (χ1) is 11.6. The third-order valence-electron chi connectivity index (χ3n) is 3.65. The Hall–Kier alpha value is -3.02. The molecule has 0 bridgehead atoms. The highest BCUT2D eigenvalue weighted by Gasteiger charge is 2.27. The van der Waals surface area contributed by atoms with Crippen LogP contribution in [0.5, 0.6) is 0 Å². The van der Waals surface area contributed by atoms with E-state index < -0.39 is 6.04 Å². The lowest BCUT2D eigenvalue weighted by atomic mass is 10.0. The zero-order chi connectivity index (χ0) is 16.9. The molecule has 1 unspecified atom stereocenters. The number of nitrogens with one attached hydrogen (secondary N) is 1. The number of hydrogen-bond donors (Lipinski definition) is 1. The van der Waals surface area contributed by atoms with Crippen molar-refractivity contribution in [3.63, 3.8) is 0 Å². The summed E-state index contributed by atoms with van der Waals surface area (Å²) in [7, 11) is 0. The van der Waals surface area contributed by atoms with Gasteiger partial charge >= 0.3 is 0 Å². The monoisotopic (exact) mass is 321 g/mol. The second kappa shape index (κ2) is 7.04. The minimum absolute atomic E-state index is 0.0199. The van der Waals surface area contributed by atoms with E-state index in [4.69, 9.17) is 0 Å². The number of rotatable bonds is 5. The molecule has 1 heterocycles. The van der Waals surface area contributed by atoms with Gasteiger partial charge in [-0.15, -0.1) is 10.2 Å². The average Bonchev–Trinajstić information content (AvgIpc) is 3.06. The van der Waals surface area contributed by atoms with Crippen LogP contribution in [0.4, 0.5) is 5.69 Å². The predicted molar refractivity (Wildman–Crippen MR) is 92.2 cm³/mol. The number of nitrogens with zero attached hydrogens (tertiary/aromatic N) is 4. The molecule has 1 N–H and O–H groups in total. The quantitative estimate of drug-likeness (QED) is 0.783. The van der Waals surface area contributed by atoms with Gasteiger partial charge in [0, 0.05) is 11.3 Å². The lowest BCUT2D eigenvalue weighted by molar-refractivity contribution is -0.121. The molecule has 3 rings (SSSR count). The topological polar surface area (TPSA) is 72.7 Å². The van der Waals surface area contributed by atoms with Crippen LogP contribution in [0.15, 0.2) is 60.7 Å². The van der Waals surface area contributed by atoms with Gasteiger partial charge in [-0.1, -0.05) is 62.4 Å². The fourth-order valence-corrected chi connectivity index (χ4v) is 2.46. The Labute approximate surface area is 140 Å². The number of amides is 1. The van der Waals surface area contributed by atoms with Crippen molar-refractivity contribution in [2.45, 2.75) is 19.9 Å². The Bertz CT molecular complexity index is 799. The molecule has 0 saturated carbocycles. The number of carbonyl (C=O) groups is 1. The largest absolute Gasteiger partial charge is 0.324 e. The molecule has 1 atom stereocenters. The van der Waals surface area contributed by atoms with Gasteiger partial charge in [-0.2, -0.15) is 4.80 Å². The minimum atomic E-state index is -0.532. The Kier molecular flexibility index (Phi) is 4.65. The van der Waals surface area contributed by atoms with Crippen molar-refractivity contribution in [2.75, 3.05) is 5.32 Å². The fourth-order valence-electron chi connectivity index (χ4n) is 2.46. The van der Waals surface area contributed by atoms with Crippen LogP contribution in [-0.2, 0) is 4.79 Å². The van der Waals surface area contributed by atoms with Crippen molar-refractivity contribution in [2.24, 2.45) is 5.92 Å². The zero-order valence-corrected chi connectivity index (χ0v) is 13.6. The van der Waals surface area contributed by atoms with Crippen LogP contribution in [0.3, 0.4) is 0 Å². The minimum Gasteiger partial charge on any atom is -0.324 e. The third kappa shape index (κ3) is 3.48. The van der Waals surface area contributed by atoms with Crippen molar-refractivity contribution in [1.29, 1.82) is 0 Å². The number of benzene rings is 2. The van der Waals surface area contributed by atoms with E-state index in [2.05, 4.69) is 20.7 Å². The zero-order valence-electron chi connectivity index (χ0n) is 13.6. The normalized spacial score (nSPS) is 12.1. The second-order valence-electron chi connectivity index (χ2n) is 5.84. The van der Waals surface area contributed by atoms with Crippen molar-refractivity contribution in [3.8, 4) is 11.4 Å². The summed E-state index contributed by atoms with van der Waals surface area (Å²) < 4.78 is 0. The first kappa shape index (κ1) is 15.9. The molecule has 0 aliphatic carbocycles. The van der Waals surface area contributed by atoms with Crippen molar-refractivity contribution in [1.82, 2.24) is 20.2 Å². The summed E-state index contributed by atoms with van der Waals surface area (Å²) in [4.78, 5) is 14.1. The van der Waals surface area contributed by atoms with Crippen molar-refractivity contribution in [3.05, 3.63) is 60.7 Å².